The minimum atomic E-state index is -0.257. The molecule has 0 radical (unpaired) electrons. The summed E-state index contributed by atoms with van der Waals surface area (Å²) in [4.78, 5) is 13.1. The Balaban J connectivity index is 1.74. The number of nitrogens with one attached hydrogen (secondary N) is 1. The lowest BCUT2D eigenvalue weighted by Crippen LogP contribution is -2.27. The third-order valence-electron chi connectivity index (χ3n) is 6.23. The Hall–Kier alpha value is -3.54. The Kier molecular flexibility index (Phi) is 4.58. The monoisotopic (exact) mass is 415 g/mol. The van der Waals surface area contributed by atoms with Gasteiger partial charge in [0.25, 0.3) is 0 Å². The molecule has 158 valence electrons. The Morgan fingerprint density at radius 1 is 1.13 bits per heavy atom. The van der Waals surface area contributed by atoms with Gasteiger partial charge in [-0.25, -0.2) is 4.68 Å². The van der Waals surface area contributed by atoms with Crippen molar-refractivity contribution in [3.8, 4) is 17.2 Å². The number of nitrogens with zero attached hydrogens (tertiary/aromatic N) is 2. The number of carbonyl (C=O) groups is 1. The van der Waals surface area contributed by atoms with Gasteiger partial charge in [-0.1, -0.05) is 23.8 Å². The van der Waals surface area contributed by atoms with Gasteiger partial charge in [-0.3, -0.25) is 4.79 Å². The fourth-order valence-electron chi connectivity index (χ4n) is 4.70. The molecule has 3 aromatic rings. The van der Waals surface area contributed by atoms with Gasteiger partial charge >= 0.3 is 0 Å². The first-order chi connectivity index (χ1) is 15.0. The van der Waals surface area contributed by atoms with Crippen molar-refractivity contribution in [2.75, 3.05) is 12.4 Å². The van der Waals surface area contributed by atoms with Crippen molar-refractivity contribution in [3.05, 3.63) is 76.1 Å². The van der Waals surface area contributed by atoms with Crippen molar-refractivity contribution < 1.29 is 14.6 Å². The Morgan fingerprint density at radius 3 is 2.65 bits per heavy atom. The second-order valence-corrected chi connectivity index (χ2v) is 8.25. The molecule has 0 bridgehead atoms. The van der Waals surface area contributed by atoms with E-state index in [9.17, 15) is 9.90 Å². The average Bonchev–Trinajstić information content (AvgIpc) is 3.09. The number of aryl methyl sites for hydroxylation is 2. The summed E-state index contributed by atoms with van der Waals surface area (Å²) in [7, 11) is 1.53. The van der Waals surface area contributed by atoms with Crippen LogP contribution in [0.3, 0.4) is 0 Å². The molecule has 1 aliphatic heterocycles. The smallest absolute Gasteiger partial charge is 0.161 e. The van der Waals surface area contributed by atoms with E-state index in [1.807, 2.05) is 23.7 Å². The van der Waals surface area contributed by atoms with Gasteiger partial charge in [-0.2, -0.15) is 5.10 Å². The van der Waals surface area contributed by atoms with Crippen LogP contribution >= 0.6 is 0 Å². The number of aromatic nitrogens is 2. The number of methoxy groups -OCH3 is 1. The first-order valence-electron chi connectivity index (χ1n) is 10.5. The highest BCUT2D eigenvalue weighted by atomic mass is 16.5. The molecule has 0 amide bonds. The number of benzene rings is 2. The molecule has 0 unspecified atom stereocenters. The van der Waals surface area contributed by atoms with Gasteiger partial charge in [0.15, 0.2) is 17.3 Å². The predicted molar refractivity (Wildman–Crippen MR) is 119 cm³/mol. The number of phenols is 1. The van der Waals surface area contributed by atoms with Crippen LogP contribution in [0.15, 0.2) is 53.7 Å². The summed E-state index contributed by atoms with van der Waals surface area (Å²) in [5.74, 6) is 1.28. The Morgan fingerprint density at radius 2 is 1.90 bits per heavy atom. The maximum atomic E-state index is 13.1. The summed E-state index contributed by atoms with van der Waals surface area (Å²) in [5, 5.41) is 18.5. The van der Waals surface area contributed by atoms with Crippen LogP contribution in [0.5, 0.6) is 11.5 Å². The maximum Gasteiger partial charge on any atom is 0.161 e. The van der Waals surface area contributed by atoms with Gasteiger partial charge in [-0.05, 0) is 56.5 Å². The molecule has 0 fully saturated rings. The quantitative estimate of drug-likeness (QED) is 0.645. The number of hydrogen-bond donors (Lipinski definition) is 2. The summed E-state index contributed by atoms with van der Waals surface area (Å²) >= 11 is 0. The van der Waals surface area contributed by atoms with Gasteiger partial charge < -0.3 is 15.2 Å². The molecule has 0 saturated carbocycles. The number of rotatable bonds is 3. The summed E-state index contributed by atoms with van der Waals surface area (Å²) in [6, 6.07) is 13.6. The molecule has 0 saturated heterocycles. The summed E-state index contributed by atoms with van der Waals surface area (Å²) < 4.78 is 7.28. The van der Waals surface area contributed by atoms with E-state index in [1.54, 1.807) is 6.07 Å². The molecule has 2 aromatic carbocycles. The number of allylic oxidation sites excluding steroid dienone is 2. The van der Waals surface area contributed by atoms with Crippen LogP contribution in [-0.4, -0.2) is 27.8 Å². The van der Waals surface area contributed by atoms with E-state index in [-0.39, 0.29) is 17.5 Å². The molecule has 2 heterocycles. The number of ether oxygens (including phenoxy) is 1. The molecule has 6 nitrogen and oxygen atoms in total. The van der Waals surface area contributed by atoms with E-state index in [4.69, 9.17) is 9.84 Å². The molecule has 2 aliphatic rings. The summed E-state index contributed by atoms with van der Waals surface area (Å²) in [5.41, 5.74) is 6.69. The first kappa shape index (κ1) is 19.4. The molecule has 1 aliphatic carbocycles. The van der Waals surface area contributed by atoms with Gasteiger partial charge in [0.2, 0.25) is 0 Å². The van der Waals surface area contributed by atoms with Crippen LogP contribution in [0.25, 0.3) is 5.69 Å². The fourth-order valence-corrected chi connectivity index (χ4v) is 4.70. The largest absolute Gasteiger partial charge is 0.504 e. The highest BCUT2D eigenvalue weighted by molar-refractivity contribution is 6.01. The first-order valence-corrected chi connectivity index (χ1v) is 10.5. The zero-order valence-electron chi connectivity index (χ0n) is 17.9. The third kappa shape index (κ3) is 3.10. The van der Waals surface area contributed by atoms with Crippen LogP contribution in [-0.2, 0) is 4.79 Å². The van der Waals surface area contributed by atoms with Crippen LogP contribution in [0.1, 0.15) is 47.6 Å². The van der Waals surface area contributed by atoms with Crippen LogP contribution in [0, 0.1) is 13.8 Å². The number of fused-ring (bicyclic) bond motifs is 1. The summed E-state index contributed by atoms with van der Waals surface area (Å²) in [6.07, 6.45) is 2.21. The fraction of sp³-hybridized carbons (Fsp3) is 0.280. The van der Waals surface area contributed by atoms with Crippen LogP contribution < -0.4 is 10.1 Å². The van der Waals surface area contributed by atoms with Crippen LogP contribution in [0.2, 0.25) is 0 Å². The molecule has 2 N–H and O–H groups in total. The van der Waals surface area contributed by atoms with E-state index in [0.717, 1.165) is 52.4 Å². The van der Waals surface area contributed by atoms with E-state index in [1.165, 1.54) is 12.7 Å². The topological polar surface area (TPSA) is 76.4 Å². The lowest BCUT2D eigenvalue weighted by atomic mass is 9.76. The van der Waals surface area contributed by atoms with E-state index in [2.05, 4.69) is 36.5 Å². The average molecular weight is 415 g/mol. The minimum absolute atomic E-state index is 0.0802. The highest BCUT2D eigenvalue weighted by Gasteiger charge is 2.39. The molecule has 6 heteroatoms. The van der Waals surface area contributed by atoms with Crippen molar-refractivity contribution in [3.63, 3.8) is 0 Å². The molecular formula is C25H25N3O3. The van der Waals surface area contributed by atoms with E-state index in [0.29, 0.717) is 12.2 Å². The lowest BCUT2D eigenvalue weighted by Gasteiger charge is -2.33. The minimum Gasteiger partial charge on any atom is -0.504 e. The molecular weight excluding hydrogens is 390 g/mol. The van der Waals surface area contributed by atoms with Gasteiger partial charge in [0.05, 0.1) is 18.5 Å². The molecule has 1 aromatic heterocycles. The lowest BCUT2D eigenvalue weighted by molar-refractivity contribution is -0.116. The summed E-state index contributed by atoms with van der Waals surface area (Å²) in [6.45, 7) is 4.04. The molecule has 0 spiro atoms. The number of hydrogen-bond acceptors (Lipinski definition) is 5. The normalized spacial score (nSPS) is 17.8. The number of carbonyl (C=O) groups excluding carboxylic acids is 1. The zero-order valence-corrected chi connectivity index (χ0v) is 17.9. The van der Waals surface area contributed by atoms with Gasteiger partial charge in [0.1, 0.15) is 5.82 Å². The van der Waals surface area contributed by atoms with Crippen molar-refractivity contribution in [2.24, 2.45) is 0 Å². The highest BCUT2D eigenvalue weighted by Crippen LogP contribution is 2.48. The van der Waals surface area contributed by atoms with Gasteiger partial charge in [-0.15, -0.1) is 0 Å². The number of aromatic hydroxyl groups is 1. The van der Waals surface area contributed by atoms with E-state index < -0.39 is 0 Å². The van der Waals surface area contributed by atoms with Gasteiger partial charge in [0, 0.05) is 29.2 Å². The van der Waals surface area contributed by atoms with Crippen molar-refractivity contribution in [1.82, 2.24) is 9.78 Å². The standard InChI is InChI=1S/C25H25N3O3/c1-14-7-10-17(11-8-14)28-25-22(15(2)27-28)23(16-9-12-19(29)21(13-16)31-3)24-18(26-25)5-4-6-20(24)30/h7-13,23,26,29H,4-6H2,1-3H3/t23-/m1/s1. The number of Topliss-reactive ketones (excluding diaryl/α,β-unsaturated/α-hetero) is 1. The Labute approximate surface area is 181 Å². The molecule has 1 atom stereocenters. The third-order valence-corrected chi connectivity index (χ3v) is 6.23. The SMILES string of the molecule is COc1cc([C@H]2C3=C(CCCC3=O)Nc3c2c(C)nn3-c2ccc(C)cc2)ccc1O. The van der Waals surface area contributed by atoms with Crippen molar-refractivity contribution in [1.29, 1.82) is 0 Å². The Bertz CT molecular complexity index is 1220. The van der Waals surface area contributed by atoms with Crippen molar-refractivity contribution in [2.45, 2.75) is 39.0 Å². The second kappa shape index (κ2) is 7.30. The van der Waals surface area contributed by atoms with Crippen molar-refractivity contribution >= 4 is 11.6 Å². The predicted octanol–water partition coefficient (Wildman–Crippen LogP) is 4.77. The number of ketones is 1. The molecule has 31 heavy (non-hydrogen) atoms. The van der Waals surface area contributed by atoms with Crippen LogP contribution in [0.4, 0.5) is 5.82 Å². The molecule has 5 rings (SSSR count). The second-order valence-electron chi connectivity index (χ2n) is 8.25. The van der Waals surface area contributed by atoms with E-state index >= 15 is 0 Å². The maximum absolute atomic E-state index is 13.1. The zero-order chi connectivity index (χ0) is 21.7. The number of anilines is 1. The number of phenolic OH excluding ortho intramolecular Hbond substituents is 1.